The fourth-order valence-electron chi connectivity index (χ4n) is 2.30. The van der Waals surface area contributed by atoms with Gasteiger partial charge in [-0.2, -0.15) is 4.52 Å². The Hall–Kier alpha value is -2.24. The molecule has 2 heterocycles. The minimum Gasteiger partial charge on any atom is -0.218 e. The van der Waals surface area contributed by atoms with Crippen molar-refractivity contribution in [3.63, 3.8) is 0 Å². The maximum Gasteiger partial charge on any atom is 0.226 e. The van der Waals surface area contributed by atoms with Gasteiger partial charge in [0.25, 0.3) is 0 Å². The van der Waals surface area contributed by atoms with Gasteiger partial charge >= 0.3 is 0 Å². The zero-order valence-corrected chi connectivity index (χ0v) is 12.5. The third-order valence-electron chi connectivity index (χ3n) is 3.31. The second kappa shape index (κ2) is 4.90. The van der Waals surface area contributed by atoms with E-state index in [0.717, 1.165) is 0 Å². The van der Waals surface area contributed by atoms with Gasteiger partial charge in [0.2, 0.25) is 5.28 Å². The standard InChI is InChI=1S/C15H7Cl2FN4/c16-10-2-1-3-11-12(10)14-20-13(21-22(14)15(17)19-11)8-4-6-9(18)7-5-8/h1-7H. The fourth-order valence-corrected chi connectivity index (χ4v) is 2.76. The second-order valence-electron chi connectivity index (χ2n) is 4.69. The Morgan fingerprint density at radius 1 is 0.955 bits per heavy atom. The van der Waals surface area contributed by atoms with Gasteiger partial charge in [0.15, 0.2) is 11.5 Å². The van der Waals surface area contributed by atoms with E-state index in [1.165, 1.54) is 16.6 Å². The molecule has 0 fully saturated rings. The molecule has 4 nitrogen and oxygen atoms in total. The normalized spacial score (nSPS) is 11.4. The molecule has 2 aromatic carbocycles. The van der Waals surface area contributed by atoms with E-state index in [0.29, 0.717) is 33.0 Å². The molecule has 0 spiro atoms. The highest BCUT2D eigenvalue weighted by Crippen LogP contribution is 2.29. The summed E-state index contributed by atoms with van der Waals surface area (Å²) in [4.78, 5) is 8.75. The van der Waals surface area contributed by atoms with Gasteiger partial charge in [0, 0.05) is 5.56 Å². The van der Waals surface area contributed by atoms with E-state index in [4.69, 9.17) is 23.2 Å². The van der Waals surface area contributed by atoms with Crippen LogP contribution in [0.4, 0.5) is 4.39 Å². The van der Waals surface area contributed by atoms with E-state index in [9.17, 15) is 4.39 Å². The summed E-state index contributed by atoms with van der Waals surface area (Å²) in [6.07, 6.45) is 0. The monoisotopic (exact) mass is 332 g/mol. The van der Waals surface area contributed by atoms with Crippen LogP contribution in [0.3, 0.4) is 0 Å². The highest BCUT2D eigenvalue weighted by atomic mass is 35.5. The van der Waals surface area contributed by atoms with Crippen LogP contribution in [0, 0.1) is 5.82 Å². The number of hydrogen-bond acceptors (Lipinski definition) is 3. The molecular weight excluding hydrogens is 326 g/mol. The van der Waals surface area contributed by atoms with Crippen LogP contribution in [0.25, 0.3) is 27.9 Å². The van der Waals surface area contributed by atoms with E-state index in [-0.39, 0.29) is 11.1 Å². The van der Waals surface area contributed by atoms with Crippen LogP contribution in [0.5, 0.6) is 0 Å². The summed E-state index contributed by atoms with van der Waals surface area (Å²) in [6, 6.07) is 11.3. The Kier molecular flexibility index (Phi) is 2.99. The van der Waals surface area contributed by atoms with Gasteiger partial charge in [-0.15, -0.1) is 5.10 Å². The molecule has 0 bridgehead atoms. The number of aromatic nitrogens is 4. The first-order chi connectivity index (χ1) is 10.6. The zero-order valence-electron chi connectivity index (χ0n) is 11.0. The van der Waals surface area contributed by atoms with Crippen molar-refractivity contribution in [3.05, 3.63) is 58.6 Å². The molecule has 7 heteroatoms. The molecule has 4 aromatic rings. The molecule has 22 heavy (non-hydrogen) atoms. The summed E-state index contributed by atoms with van der Waals surface area (Å²) in [5.41, 5.74) is 1.84. The Balaban J connectivity index is 2.06. The molecule has 0 saturated carbocycles. The van der Waals surface area contributed by atoms with E-state index in [2.05, 4.69) is 15.1 Å². The topological polar surface area (TPSA) is 43.1 Å². The maximum atomic E-state index is 13.0. The van der Waals surface area contributed by atoms with Crippen molar-refractivity contribution in [2.75, 3.05) is 0 Å². The molecule has 2 aromatic heterocycles. The van der Waals surface area contributed by atoms with Crippen LogP contribution in [0.1, 0.15) is 0 Å². The zero-order chi connectivity index (χ0) is 15.3. The number of benzene rings is 2. The minimum atomic E-state index is -0.319. The summed E-state index contributed by atoms with van der Waals surface area (Å²) in [5, 5.41) is 5.71. The predicted octanol–water partition coefficient (Wildman–Crippen LogP) is 4.39. The van der Waals surface area contributed by atoms with E-state index >= 15 is 0 Å². The molecule has 0 aliphatic carbocycles. The Bertz CT molecular complexity index is 1010. The average molecular weight is 333 g/mol. The van der Waals surface area contributed by atoms with E-state index in [1.54, 1.807) is 30.3 Å². The second-order valence-corrected chi connectivity index (χ2v) is 5.44. The maximum absolute atomic E-state index is 13.0. The lowest BCUT2D eigenvalue weighted by Crippen LogP contribution is -1.95. The molecule has 0 radical (unpaired) electrons. The molecule has 0 N–H and O–H groups in total. The van der Waals surface area contributed by atoms with Gasteiger partial charge in [-0.1, -0.05) is 17.7 Å². The Morgan fingerprint density at radius 2 is 1.73 bits per heavy atom. The summed E-state index contributed by atoms with van der Waals surface area (Å²) < 4.78 is 14.5. The summed E-state index contributed by atoms with van der Waals surface area (Å²) in [6.45, 7) is 0. The van der Waals surface area contributed by atoms with Crippen LogP contribution >= 0.6 is 23.2 Å². The quantitative estimate of drug-likeness (QED) is 0.485. The number of hydrogen-bond donors (Lipinski definition) is 0. The third kappa shape index (κ3) is 2.01. The number of halogens is 3. The summed E-state index contributed by atoms with van der Waals surface area (Å²) in [5.74, 6) is 0.108. The predicted molar refractivity (Wildman–Crippen MR) is 83.7 cm³/mol. The first-order valence-corrected chi connectivity index (χ1v) is 7.15. The van der Waals surface area contributed by atoms with E-state index < -0.39 is 0 Å². The Labute approximate surface area is 134 Å². The van der Waals surface area contributed by atoms with Gasteiger partial charge in [0.05, 0.1) is 15.9 Å². The van der Waals surface area contributed by atoms with Crippen LogP contribution in [-0.2, 0) is 0 Å². The molecule has 0 unspecified atom stereocenters. The van der Waals surface area contributed by atoms with E-state index in [1.807, 2.05) is 0 Å². The summed E-state index contributed by atoms with van der Waals surface area (Å²) >= 11 is 12.4. The average Bonchev–Trinajstić information content (AvgIpc) is 2.93. The summed E-state index contributed by atoms with van der Waals surface area (Å²) in [7, 11) is 0. The number of nitrogens with zero attached hydrogens (tertiary/aromatic N) is 4. The van der Waals surface area contributed by atoms with Crippen molar-refractivity contribution >= 4 is 39.8 Å². The lowest BCUT2D eigenvalue weighted by atomic mass is 10.2. The lowest BCUT2D eigenvalue weighted by Gasteiger charge is -2.02. The number of rotatable bonds is 1. The van der Waals surface area contributed by atoms with Crippen molar-refractivity contribution in [3.8, 4) is 11.4 Å². The molecule has 108 valence electrons. The SMILES string of the molecule is Fc1ccc(-c2nc3c4c(Cl)cccc4nc(Cl)n3n2)cc1. The van der Waals surface area contributed by atoms with Gasteiger partial charge in [-0.05, 0) is 48.0 Å². The molecule has 0 aliphatic heterocycles. The van der Waals surface area contributed by atoms with Crippen LogP contribution < -0.4 is 0 Å². The number of fused-ring (bicyclic) bond motifs is 3. The van der Waals surface area contributed by atoms with Gasteiger partial charge in [-0.25, -0.2) is 14.4 Å². The van der Waals surface area contributed by atoms with Crippen molar-refractivity contribution in [2.24, 2.45) is 0 Å². The fraction of sp³-hybridized carbons (Fsp3) is 0. The van der Waals surface area contributed by atoms with Gasteiger partial charge < -0.3 is 0 Å². The van der Waals surface area contributed by atoms with Crippen molar-refractivity contribution < 1.29 is 4.39 Å². The lowest BCUT2D eigenvalue weighted by molar-refractivity contribution is 0.628. The van der Waals surface area contributed by atoms with Crippen molar-refractivity contribution in [1.29, 1.82) is 0 Å². The van der Waals surface area contributed by atoms with Gasteiger partial charge in [0.1, 0.15) is 5.82 Å². The highest BCUT2D eigenvalue weighted by molar-refractivity contribution is 6.37. The largest absolute Gasteiger partial charge is 0.226 e. The van der Waals surface area contributed by atoms with Crippen molar-refractivity contribution in [2.45, 2.75) is 0 Å². The van der Waals surface area contributed by atoms with Crippen molar-refractivity contribution in [1.82, 2.24) is 19.6 Å². The van der Waals surface area contributed by atoms with Crippen LogP contribution in [0.2, 0.25) is 10.3 Å². The Morgan fingerprint density at radius 3 is 2.50 bits per heavy atom. The third-order valence-corrected chi connectivity index (χ3v) is 3.87. The smallest absolute Gasteiger partial charge is 0.218 e. The van der Waals surface area contributed by atoms with Gasteiger partial charge in [-0.3, -0.25) is 0 Å². The molecule has 0 saturated heterocycles. The first kappa shape index (κ1) is 13.4. The highest BCUT2D eigenvalue weighted by Gasteiger charge is 2.15. The van der Waals surface area contributed by atoms with Crippen LogP contribution in [-0.4, -0.2) is 19.6 Å². The molecule has 0 atom stereocenters. The molecule has 4 rings (SSSR count). The molecule has 0 amide bonds. The first-order valence-electron chi connectivity index (χ1n) is 6.40. The minimum absolute atomic E-state index is 0.186. The molecular formula is C15H7Cl2FN4. The van der Waals surface area contributed by atoms with Crippen LogP contribution in [0.15, 0.2) is 42.5 Å². The molecule has 0 aliphatic rings.